The molecule has 5 heteroatoms. The lowest BCUT2D eigenvalue weighted by molar-refractivity contribution is 0.102. The lowest BCUT2D eigenvalue weighted by Gasteiger charge is -2.12. The van der Waals surface area contributed by atoms with Crippen LogP contribution in [-0.2, 0) is 0 Å². The van der Waals surface area contributed by atoms with Crippen LogP contribution in [0.4, 0.5) is 11.4 Å². The number of rotatable bonds is 5. The summed E-state index contributed by atoms with van der Waals surface area (Å²) in [6.07, 6.45) is 0. The maximum atomic E-state index is 12.6. The molecule has 0 unspecified atom stereocenters. The van der Waals surface area contributed by atoms with Crippen LogP contribution in [0.3, 0.4) is 0 Å². The van der Waals surface area contributed by atoms with Crippen LogP contribution in [0.15, 0.2) is 66.7 Å². The fourth-order valence-electron chi connectivity index (χ4n) is 2.67. The van der Waals surface area contributed by atoms with E-state index in [9.17, 15) is 4.79 Å². The van der Waals surface area contributed by atoms with Crippen molar-refractivity contribution in [1.29, 1.82) is 0 Å². The molecule has 1 amide bonds. The van der Waals surface area contributed by atoms with Crippen LogP contribution >= 0.6 is 0 Å². The van der Waals surface area contributed by atoms with Crippen LogP contribution in [0.1, 0.15) is 10.4 Å². The van der Waals surface area contributed by atoms with Crippen molar-refractivity contribution in [3.8, 4) is 22.6 Å². The summed E-state index contributed by atoms with van der Waals surface area (Å²) in [7, 11) is 3.18. The third-order valence-electron chi connectivity index (χ3n) is 4.05. The van der Waals surface area contributed by atoms with E-state index in [2.05, 4.69) is 5.32 Å². The highest BCUT2D eigenvalue weighted by Gasteiger charge is 2.13. The first-order valence-electron chi connectivity index (χ1n) is 8.10. The zero-order valence-corrected chi connectivity index (χ0v) is 14.7. The minimum absolute atomic E-state index is 0.254. The molecular formula is C21H20N2O3. The van der Waals surface area contributed by atoms with Crippen LogP contribution in [0, 0.1) is 0 Å². The van der Waals surface area contributed by atoms with Gasteiger partial charge in [-0.2, -0.15) is 0 Å². The van der Waals surface area contributed by atoms with Gasteiger partial charge in [-0.15, -0.1) is 0 Å². The van der Waals surface area contributed by atoms with Crippen LogP contribution in [0.25, 0.3) is 11.1 Å². The number of ether oxygens (including phenoxy) is 2. The van der Waals surface area contributed by atoms with Crippen molar-refractivity contribution < 1.29 is 14.3 Å². The van der Waals surface area contributed by atoms with E-state index in [1.54, 1.807) is 26.4 Å². The number of nitrogens with one attached hydrogen (secondary N) is 1. The summed E-state index contributed by atoms with van der Waals surface area (Å²) < 4.78 is 10.6. The van der Waals surface area contributed by atoms with Crippen molar-refractivity contribution in [2.45, 2.75) is 0 Å². The molecule has 0 atom stereocenters. The molecule has 5 nitrogen and oxygen atoms in total. The van der Waals surface area contributed by atoms with Gasteiger partial charge in [0.25, 0.3) is 5.91 Å². The molecule has 3 N–H and O–H groups in total. The molecular weight excluding hydrogens is 328 g/mol. The third-order valence-corrected chi connectivity index (χ3v) is 4.05. The number of carbonyl (C=O) groups is 1. The summed E-state index contributed by atoms with van der Waals surface area (Å²) in [6, 6.07) is 20.2. The summed E-state index contributed by atoms with van der Waals surface area (Å²) in [4.78, 5) is 12.6. The molecule has 0 bridgehead atoms. The predicted molar refractivity (Wildman–Crippen MR) is 104 cm³/mol. The molecule has 3 rings (SSSR count). The molecule has 0 saturated carbocycles. The molecule has 0 aromatic heterocycles. The van der Waals surface area contributed by atoms with Gasteiger partial charge in [-0.1, -0.05) is 30.3 Å². The summed E-state index contributed by atoms with van der Waals surface area (Å²) in [5.74, 6) is 1.02. The number of carbonyl (C=O) groups excluding carboxylic acids is 1. The molecule has 0 saturated heterocycles. The molecule has 3 aromatic carbocycles. The third kappa shape index (κ3) is 3.62. The minimum atomic E-state index is -0.254. The van der Waals surface area contributed by atoms with E-state index in [0.29, 0.717) is 28.4 Å². The molecule has 0 heterocycles. The Hall–Kier alpha value is -3.47. The van der Waals surface area contributed by atoms with Crippen LogP contribution in [0.5, 0.6) is 11.5 Å². The first kappa shape index (κ1) is 17.4. The molecule has 0 fully saturated rings. The Kier molecular flexibility index (Phi) is 5.08. The van der Waals surface area contributed by atoms with Crippen molar-refractivity contribution in [3.63, 3.8) is 0 Å². The average molecular weight is 348 g/mol. The van der Waals surface area contributed by atoms with E-state index in [1.807, 2.05) is 54.6 Å². The second kappa shape index (κ2) is 7.61. The van der Waals surface area contributed by atoms with Gasteiger partial charge in [0, 0.05) is 11.4 Å². The van der Waals surface area contributed by atoms with Crippen molar-refractivity contribution in [3.05, 3.63) is 72.3 Å². The maximum Gasteiger partial charge on any atom is 0.257 e. The number of methoxy groups -OCH3 is 2. The molecule has 26 heavy (non-hydrogen) atoms. The zero-order chi connectivity index (χ0) is 18.5. The first-order chi connectivity index (χ1) is 12.6. The van der Waals surface area contributed by atoms with Crippen molar-refractivity contribution in [2.75, 3.05) is 25.3 Å². The van der Waals surface area contributed by atoms with Gasteiger partial charge in [0.1, 0.15) is 0 Å². The second-order valence-electron chi connectivity index (χ2n) is 5.69. The van der Waals surface area contributed by atoms with Gasteiger partial charge >= 0.3 is 0 Å². The van der Waals surface area contributed by atoms with Gasteiger partial charge in [0.05, 0.1) is 19.8 Å². The number of para-hydroxylation sites is 1. The van der Waals surface area contributed by atoms with Crippen molar-refractivity contribution in [1.82, 2.24) is 0 Å². The number of hydrogen-bond acceptors (Lipinski definition) is 4. The van der Waals surface area contributed by atoms with Gasteiger partial charge in [0.15, 0.2) is 11.5 Å². The van der Waals surface area contributed by atoms with E-state index >= 15 is 0 Å². The summed E-state index contributed by atoms with van der Waals surface area (Å²) >= 11 is 0. The van der Waals surface area contributed by atoms with Gasteiger partial charge in [-0.05, 0) is 47.5 Å². The fraction of sp³-hybridized carbons (Fsp3) is 0.0952. The monoisotopic (exact) mass is 348 g/mol. The normalized spacial score (nSPS) is 10.2. The molecule has 132 valence electrons. The van der Waals surface area contributed by atoms with Gasteiger partial charge in [-0.25, -0.2) is 0 Å². The van der Waals surface area contributed by atoms with E-state index in [1.165, 1.54) is 0 Å². The molecule has 3 aromatic rings. The van der Waals surface area contributed by atoms with Crippen molar-refractivity contribution in [2.24, 2.45) is 0 Å². The second-order valence-corrected chi connectivity index (χ2v) is 5.69. The number of hydrogen-bond donors (Lipinski definition) is 2. The molecule has 0 radical (unpaired) electrons. The average Bonchev–Trinajstić information content (AvgIpc) is 2.68. The Morgan fingerprint density at radius 1 is 0.846 bits per heavy atom. The van der Waals surface area contributed by atoms with Crippen LogP contribution < -0.4 is 20.5 Å². The van der Waals surface area contributed by atoms with Gasteiger partial charge in [-0.3, -0.25) is 4.79 Å². The Balaban J connectivity index is 1.94. The standard InChI is InChI=1S/C21H20N2O3/c1-25-19-11-9-15(13-20(19)26-2)14-8-10-18(22)17(12-14)21(24)23-16-6-4-3-5-7-16/h3-13H,22H2,1-2H3,(H,23,24). The molecule has 0 spiro atoms. The largest absolute Gasteiger partial charge is 0.493 e. The topological polar surface area (TPSA) is 73.6 Å². The van der Waals surface area contributed by atoms with E-state index < -0.39 is 0 Å². The van der Waals surface area contributed by atoms with Gasteiger partial charge in [0.2, 0.25) is 0 Å². The number of anilines is 2. The Labute approximate surface area is 152 Å². The lowest BCUT2D eigenvalue weighted by Crippen LogP contribution is -2.14. The quantitative estimate of drug-likeness (QED) is 0.678. The predicted octanol–water partition coefficient (Wildman–Crippen LogP) is 4.21. The van der Waals surface area contributed by atoms with Crippen LogP contribution in [-0.4, -0.2) is 20.1 Å². The SMILES string of the molecule is COc1ccc(-c2ccc(N)c(C(=O)Nc3ccccc3)c2)cc1OC. The smallest absolute Gasteiger partial charge is 0.257 e. The first-order valence-corrected chi connectivity index (χ1v) is 8.10. The molecule has 0 aliphatic carbocycles. The Morgan fingerprint density at radius 3 is 2.19 bits per heavy atom. The highest BCUT2D eigenvalue weighted by Crippen LogP contribution is 2.33. The summed E-state index contributed by atoms with van der Waals surface area (Å²) in [6.45, 7) is 0. The minimum Gasteiger partial charge on any atom is -0.493 e. The zero-order valence-electron chi connectivity index (χ0n) is 14.7. The number of amides is 1. The summed E-state index contributed by atoms with van der Waals surface area (Å²) in [5.41, 5.74) is 9.33. The Bertz CT molecular complexity index is 924. The highest BCUT2D eigenvalue weighted by atomic mass is 16.5. The van der Waals surface area contributed by atoms with Crippen molar-refractivity contribution >= 4 is 17.3 Å². The van der Waals surface area contributed by atoms with E-state index in [-0.39, 0.29) is 5.91 Å². The van der Waals surface area contributed by atoms with Gasteiger partial charge < -0.3 is 20.5 Å². The Morgan fingerprint density at radius 2 is 1.50 bits per heavy atom. The maximum absolute atomic E-state index is 12.6. The van der Waals surface area contributed by atoms with Crippen LogP contribution in [0.2, 0.25) is 0 Å². The number of nitrogens with two attached hydrogens (primary N) is 1. The number of nitrogen functional groups attached to an aromatic ring is 1. The number of benzene rings is 3. The molecule has 0 aliphatic rings. The fourth-order valence-corrected chi connectivity index (χ4v) is 2.67. The lowest BCUT2D eigenvalue weighted by atomic mass is 10.0. The van der Waals surface area contributed by atoms with E-state index in [4.69, 9.17) is 15.2 Å². The summed E-state index contributed by atoms with van der Waals surface area (Å²) in [5, 5.41) is 2.85. The van der Waals surface area contributed by atoms with E-state index in [0.717, 1.165) is 11.1 Å². The highest BCUT2D eigenvalue weighted by molar-refractivity contribution is 6.08. The molecule has 0 aliphatic heterocycles.